The van der Waals surface area contributed by atoms with E-state index >= 15 is 0 Å². The second-order valence-corrected chi connectivity index (χ2v) is 3.26. The van der Waals surface area contributed by atoms with Gasteiger partial charge in [0.05, 0.1) is 13.0 Å². The minimum atomic E-state index is -0.892. The number of carbonyl (C=O) groups excluding carboxylic acids is 3. The lowest BCUT2D eigenvalue weighted by molar-refractivity contribution is -0.148. The van der Waals surface area contributed by atoms with Crippen molar-refractivity contribution < 1.29 is 24.2 Å². The van der Waals surface area contributed by atoms with Crippen LogP contribution in [0.2, 0.25) is 0 Å². The molecule has 1 atom stereocenters. The van der Waals surface area contributed by atoms with Crippen LogP contribution in [0.5, 0.6) is 0 Å². The van der Waals surface area contributed by atoms with Crippen molar-refractivity contribution in [2.45, 2.75) is 32.7 Å². The van der Waals surface area contributed by atoms with Crippen LogP contribution in [-0.4, -0.2) is 42.0 Å². The van der Waals surface area contributed by atoms with Crippen molar-refractivity contribution in [3.05, 3.63) is 0 Å². The molecule has 6 heteroatoms. The summed E-state index contributed by atoms with van der Waals surface area (Å²) in [6, 6.07) is -0.892. The van der Waals surface area contributed by atoms with Gasteiger partial charge in [-0.1, -0.05) is 0 Å². The standard InChI is InChI=1S/C10H17NO5/c1-3-16-10(15)8(4-5-12)11-9(14)6-7(2)13/h8,12H,3-6H2,1-2H3,(H,11,14)/t8-/m0/s1. The fourth-order valence-electron chi connectivity index (χ4n) is 1.09. The molecule has 2 N–H and O–H groups in total. The Morgan fingerprint density at radius 2 is 2.00 bits per heavy atom. The molecule has 0 fully saturated rings. The van der Waals surface area contributed by atoms with Crippen LogP contribution in [0.3, 0.4) is 0 Å². The number of ether oxygens (including phenoxy) is 1. The number of aliphatic hydroxyl groups is 1. The summed E-state index contributed by atoms with van der Waals surface area (Å²) in [5.41, 5.74) is 0. The Labute approximate surface area is 94.0 Å². The third-order valence-corrected chi connectivity index (χ3v) is 1.73. The van der Waals surface area contributed by atoms with Crippen LogP contribution in [0.25, 0.3) is 0 Å². The number of aliphatic hydroxyl groups excluding tert-OH is 1. The van der Waals surface area contributed by atoms with Gasteiger partial charge in [-0.2, -0.15) is 0 Å². The Morgan fingerprint density at radius 1 is 1.38 bits per heavy atom. The lowest BCUT2D eigenvalue weighted by Gasteiger charge is -2.15. The van der Waals surface area contributed by atoms with Gasteiger partial charge < -0.3 is 15.2 Å². The third kappa shape index (κ3) is 6.13. The Bertz CT molecular complexity index is 264. The summed E-state index contributed by atoms with van der Waals surface area (Å²) in [6.45, 7) is 2.88. The van der Waals surface area contributed by atoms with Gasteiger partial charge in [0, 0.05) is 13.0 Å². The van der Waals surface area contributed by atoms with Gasteiger partial charge in [0.25, 0.3) is 0 Å². The van der Waals surface area contributed by atoms with E-state index in [1.165, 1.54) is 6.92 Å². The maximum Gasteiger partial charge on any atom is 0.328 e. The molecule has 0 unspecified atom stereocenters. The second kappa shape index (κ2) is 7.81. The molecule has 0 saturated carbocycles. The number of rotatable bonds is 7. The van der Waals surface area contributed by atoms with Gasteiger partial charge in [-0.05, 0) is 13.8 Å². The summed E-state index contributed by atoms with van der Waals surface area (Å²) in [7, 11) is 0. The van der Waals surface area contributed by atoms with Gasteiger partial charge in [0.2, 0.25) is 5.91 Å². The number of ketones is 1. The van der Waals surface area contributed by atoms with Crippen molar-refractivity contribution in [1.29, 1.82) is 0 Å². The van der Waals surface area contributed by atoms with Gasteiger partial charge in [-0.3, -0.25) is 9.59 Å². The first-order valence-electron chi connectivity index (χ1n) is 5.07. The fraction of sp³-hybridized carbons (Fsp3) is 0.700. The zero-order valence-corrected chi connectivity index (χ0v) is 9.49. The zero-order chi connectivity index (χ0) is 12.6. The maximum absolute atomic E-state index is 11.3. The quantitative estimate of drug-likeness (QED) is 0.450. The van der Waals surface area contributed by atoms with E-state index in [0.717, 1.165) is 0 Å². The maximum atomic E-state index is 11.3. The van der Waals surface area contributed by atoms with Crippen LogP contribution in [-0.2, 0) is 19.1 Å². The van der Waals surface area contributed by atoms with Crippen molar-refractivity contribution in [2.24, 2.45) is 0 Å². The predicted octanol–water partition coefficient (Wildman–Crippen LogP) is -0.604. The number of carbonyl (C=O) groups is 3. The third-order valence-electron chi connectivity index (χ3n) is 1.73. The molecule has 0 aliphatic carbocycles. The van der Waals surface area contributed by atoms with Crippen molar-refractivity contribution in [3.8, 4) is 0 Å². The summed E-state index contributed by atoms with van der Waals surface area (Å²) < 4.78 is 4.71. The fourth-order valence-corrected chi connectivity index (χ4v) is 1.09. The molecule has 0 aromatic heterocycles. The molecule has 1 amide bonds. The number of hydrogen-bond donors (Lipinski definition) is 2. The highest BCUT2D eigenvalue weighted by Crippen LogP contribution is 1.96. The molecule has 0 aromatic carbocycles. The normalized spacial score (nSPS) is 11.7. The molecular formula is C10H17NO5. The summed E-state index contributed by atoms with van der Waals surface area (Å²) in [6.07, 6.45) is -0.205. The molecular weight excluding hydrogens is 214 g/mol. The van der Waals surface area contributed by atoms with E-state index in [4.69, 9.17) is 9.84 Å². The topological polar surface area (TPSA) is 92.7 Å². The van der Waals surface area contributed by atoms with Crippen LogP contribution in [0.4, 0.5) is 0 Å². The molecule has 0 spiro atoms. The molecule has 0 radical (unpaired) electrons. The Balaban J connectivity index is 4.26. The molecule has 0 saturated heterocycles. The van der Waals surface area contributed by atoms with Crippen molar-refractivity contribution >= 4 is 17.7 Å². The van der Waals surface area contributed by atoms with Crippen molar-refractivity contribution in [1.82, 2.24) is 5.32 Å². The van der Waals surface area contributed by atoms with E-state index in [9.17, 15) is 14.4 Å². The number of amides is 1. The second-order valence-electron chi connectivity index (χ2n) is 3.26. The molecule has 0 aromatic rings. The molecule has 6 nitrogen and oxygen atoms in total. The lowest BCUT2D eigenvalue weighted by Crippen LogP contribution is -2.42. The van der Waals surface area contributed by atoms with Crippen LogP contribution >= 0.6 is 0 Å². The van der Waals surface area contributed by atoms with Gasteiger partial charge >= 0.3 is 5.97 Å². The summed E-state index contributed by atoms with van der Waals surface area (Å²) in [5, 5.41) is 11.1. The molecule has 0 heterocycles. The largest absolute Gasteiger partial charge is 0.464 e. The van der Waals surface area contributed by atoms with E-state index in [1.807, 2.05) is 0 Å². The van der Waals surface area contributed by atoms with Crippen molar-refractivity contribution in [2.75, 3.05) is 13.2 Å². The Kier molecular flexibility index (Phi) is 7.11. The summed E-state index contributed by atoms with van der Waals surface area (Å²) >= 11 is 0. The molecule has 0 rings (SSSR count). The molecule has 92 valence electrons. The predicted molar refractivity (Wildman–Crippen MR) is 55.6 cm³/mol. The average molecular weight is 231 g/mol. The molecule has 0 aliphatic heterocycles. The Morgan fingerprint density at radius 3 is 2.44 bits per heavy atom. The highest BCUT2D eigenvalue weighted by Gasteiger charge is 2.21. The lowest BCUT2D eigenvalue weighted by atomic mass is 10.2. The first-order valence-corrected chi connectivity index (χ1v) is 5.07. The van der Waals surface area contributed by atoms with Gasteiger partial charge in [-0.15, -0.1) is 0 Å². The monoisotopic (exact) mass is 231 g/mol. The van der Waals surface area contributed by atoms with Crippen LogP contribution in [0.15, 0.2) is 0 Å². The SMILES string of the molecule is CCOC(=O)[C@H](CCO)NC(=O)CC(C)=O. The van der Waals surface area contributed by atoms with Crippen LogP contribution in [0, 0.1) is 0 Å². The average Bonchev–Trinajstić information content (AvgIpc) is 2.16. The minimum Gasteiger partial charge on any atom is -0.464 e. The number of nitrogens with one attached hydrogen (secondary N) is 1. The van der Waals surface area contributed by atoms with E-state index in [1.54, 1.807) is 6.92 Å². The first kappa shape index (κ1) is 14.6. The molecule has 0 bridgehead atoms. The number of esters is 1. The summed E-state index contributed by atoms with van der Waals surface area (Å²) in [4.78, 5) is 33.2. The minimum absolute atomic E-state index is 0.0719. The van der Waals surface area contributed by atoms with E-state index in [0.29, 0.717) is 0 Å². The van der Waals surface area contributed by atoms with Crippen molar-refractivity contribution in [3.63, 3.8) is 0 Å². The number of Topliss-reactive ketones (excluding diaryl/α,β-unsaturated/α-hetero) is 1. The highest BCUT2D eigenvalue weighted by molar-refractivity contribution is 5.98. The molecule has 16 heavy (non-hydrogen) atoms. The number of hydrogen-bond acceptors (Lipinski definition) is 5. The van der Waals surface area contributed by atoms with E-state index in [2.05, 4.69) is 5.32 Å². The van der Waals surface area contributed by atoms with E-state index < -0.39 is 17.9 Å². The zero-order valence-electron chi connectivity index (χ0n) is 9.49. The van der Waals surface area contributed by atoms with Gasteiger partial charge in [-0.25, -0.2) is 4.79 Å². The van der Waals surface area contributed by atoms with Crippen LogP contribution in [0.1, 0.15) is 26.7 Å². The summed E-state index contributed by atoms with van der Waals surface area (Å²) in [5.74, 6) is -1.43. The van der Waals surface area contributed by atoms with Gasteiger partial charge in [0.15, 0.2) is 0 Å². The van der Waals surface area contributed by atoms with Crippen LogP contribution < -0.4 is 5.32 Å². The smallest absolute Gasteiger partial charge is 0.328 e. The van der Waals surface area contributed by atoms with E-state index in [-0.39, 0.29) is 31.8 Å². The molecule has 0 aliphatic rings. The first-order chi connectivity index (χ1) is 7.51. The highest BCUT2D eigenvalue weighted by atomic mass is 16.5. The Hall–Kier alpha value is -1.43. The van der Waals surface area contributed by atoms with Gasteiger partial charge in [0.1, 0.15) is 11.8 Å².